The van der Waals surface area contributed by atoms with Gasteiger partial charge in [-0.3, -0.25) is 0 Å². The molecule has 5 heteroatoms. The number of hydrogen-bond donors (Lipinski definition) is 0. The summed E-state index contributed by atoms with van der Waals surface area (Å²) in [6.07, 6.45) is 0.757. The summed E-state index contributed by atoms with van der Waals surface area (Å²) in [4.78, 5) is 15.3. The quantitative estimate of drug-likeness (QED) is 0.168. The van der Waals surface area contributed by atoms with Crippen LogP contribution in [0.2, 0.25) is 0 Å². The van der Waals surface area contributed by atoms with Crippen molar-refractivity contribution in [3.63, 3.8) is 0 Å². The number of benzene rings is 9. The standard InChI is InChI=1S/C58H37N5/c1-4-16-37(17-5-1)56-59-57(38-18-6-2-7-19-38)61-58(60-56)46-26-14-24-42-43-25-15-29-53(50(43)36-47(42)46)63-52-28-13-11-23-45(52)49-35-40(31-33-55(49)63)39-30-32-54-48(34-39)44-22-10-12-27-51(44)62(54)41-20-8-3-9-21-41/h1-35H,36H2. The van der Waals surface area contributed by atoms with Crippen LogP contribution >= 0.6 is 0 Å². The third-order valence-corrected chi connectivity index (χ3v) is 12.8. The highest BCUT2D eigenvalue weighted by Gasteiger charge is 2.27. The van der Waals surface area contributed by atoms with Gasteiger partial charge < -0.3 is 9.13 Å². The molecule has 294 valence electrons. The van der Waals surface area contributed by atoms with E-state index in [1.54, 1.807) is 0 Å². The molecule has 1 aliphatic carbocycles. The van der Waals surface area contributed by atoms with Crippen LogP contribution in [0.4, 0.5) is 0 Å². The zero-order valence-corrected chi connectivity index (χ0v) is 34.2. The Balaban J connectivity index is 0.938. The molecule has 0 aliphatic heterocycles. The maximum absolute atomic E-state index is 5.15. The van der Waals surface area contributed by atoms with Crippen molar-refractivity contribution in [3.05, 3.63) is 223 Å². The zero-order chi connectivity index (χ0) is 41.4. The smallest absolute Gasteiger partial charge is 0.164 e. The number of hydrogen-bond acceptors (Lipinski definition) is 3. The largest absolute Gasteiger partial charge is 0.309 e. The molecule has 0 saturated heterocycles. The molecule has 0 atom stereocenters. The van der Waals surface area contributed by atoms with Gasteiger partial charge >= 0.3 is 0 Å². The summed E-state index contributed by atoms with van der Waals surface area (Å²) in [7, 11) is 0. The van der Waals surface area contributed by atoms with Crippen LogP contribution in [0.25, 0.3) is 111 Å². The minimum absolute atomic E-state index is 0.664. The fraction of sp³-hybridized carbons (Fsp3) is 0.0172. The van der Waals surface area contributed by atoms with Crippen LogP contribution in [0.1, 0.15) is 11.1 Å². The average molecular weight is 804 g/mol. The molecule has 0 fully saturated rings. The zero-order valence-electron chi connectivity index (χ0n) is 34.2. The Hall–Kier alpha value is -8.41. The fourth-order valence-corrected chi connectivity index (χ4v) is 9.99. The molecule has 9 aromatic carbocycles. The summed E-state index contributed by atoms with van der Waals surface area (Å²) < 4.78 is 4.85. The number of rotatable bonds is 6. The molecule has 5 nitrogen and oxygen atoms in total. The molecule has 0 unspecified atom stereocenters. The van der Waals surface area contributed by atoms with Crippen molar-refractivity contribution < 1.29 is 0 Å². The first kappa shape index (κ1) is 35.4. The molecular formula is C58H37N5. The van der Waals surface area contributed by atoms with E-state index in [-0.39, 0.29) is 0 Å². The second-order valence-corrected chi connectivity index (χ2v) is 16.4. The minimum atomic E-state index is 0.664. The third kappa shape index (κ3) is 5.60. The minimum Gasteiger partial charge on any atom is -0.309 e. The van der Waals surface area contributed by atoms with Gasteiger partial charge in [-0.15, -0.1) is 0 Å². The Labute approximate surface area is 363 Å². The molecule has 1 aliphatic rings. The van der Waals surface area contributed by atoms with Crippen molar-refractivity contribution in [2.45, 2.75) is 6.42 Å². The topological polar surface area (TPSA) is 48.5 Å². The maximum atomic E-state index is 5.15. The number of nitrogens with zero attached hydrogens (tertiary/aromatic N) is 5. The van der Waals surface area contributed by atoms with Gasteiger partial charge in [0.25, 0.3) is 0 Å². The van der Waals surface area contributed by atoms with Crippen molar-refractivity contribution in [1.82, 2.24) is 24.1 Å². The second kappa shape index (κ2) is 14.1. The molecule has 63 heavy (non-hydrogen) atoms. The van der Waals surface area contributed by atoms with Crippen LogP contribution in [0.5, 0.6) is 0 Å². The first-order valence-electron chi connectivity index (χ1n) is 21.5. The Kier molecular flexibility index (Phi) is 7.90. The van der Waals surface area contributed by atoms with Crippen molar-refractivity contribution >= 4 is 43.6 Å². The highest BCUT2D eigenvalue weighted by Crippen LogP contribution is 2.46. The predicted octanol–water partition coefficient (Wildman–Crippen LogP) is 14.3. The fourth-order valence-electron chi connectivity index (χ4n) is 9.99. The summed E-state index contributed by atoms with van der Waals surface area (Å²) in [6, 6.07) is 75.8. The van der Waals surface area contributed by atoms with Gasteiger partial charge in [0.2, 0.25) is 0 Å². The highest BCUT2D eigenvalue weighted by atomic mass is 15.0. The van der Waals surface area contributed by atoms with Crippen LogP contribution in [0, 0.1) is 0 Å². The van der Waals surface area contributed by atoms with Gasteiger partial charge in [0.15, 0.2) is 17.5 Å². The lowest BCUT2D eigenvalue weighted by molar-refractivity contribution is 1.06. The average Bonchev–Trinajstić information content (AvgIpc) is 4.02. The molecule has 0 N–H and O–H groups in total. The van der Waals surface area contributed by atoms with E-state index in [1.165, 1.54) is 82.7 Å². The monoisotopic (exact) mass is 803 g/mol. The Morgan fingerprint density at radius 1 is 0.302 bits per heavy atom. The van der Waals surface area contributed by atoms with E-state index in [0.717, 1.165) is 28.8 Å². The van der Waals surface area contributed by atoms with Crippen molar-refractivity contribution in [1.29, 1.82) is 0 Å². The van der Waals surface area contributed by atoms with E-state index in [9.17, 15) is 0 Å². The van der Waals surface area contributed by atoms with Gasteiger partial charge in [0.05, 0.1) is 27.8 Å². The first-order chi connectivity index (χ1) is 31.2. The highest BCUT2D eigenvalue weighted by molar-refractivity contribution is 6.13. The third-order valence-electron chi connectivity index (χ3n) is 12.8. The second-order valence-electron chi connectivity index (χ2n) is 16.4. The molecule has 0 bridgehead atoms. The lowest BCUT2D eigenvalue weighted by atomic mass is 10.0. The summed E-state index contributed by atoms with van der Waals surface area (Å²) in [6.45, 7) is 0. The molecule has 3 heterocycles. The van der Waals surface area contributed by atoms with E-state index in [4.69, 9.17) is 15.0 Å². The van der Waals surface area contributed by atoms with Gasteiger partial charge in [0, 0.05) is 50.3 Å². The van der Waals surface area contributed by atoms with Gasteiger partial charge in [0.1, 0.15) is 0 Å². The van der Waals surface area contributed by atoms with Gasteiger partial charge in [-0.2, -0.15) is 0 Å². The van der Waals surface area contributed by atoms with Crippen LogP contribution in [-0.4, -0.2) is 24.1 Å². The lowest BCUT2D eigenvalue weighted by Gasteiger charge is -2.13. The van der Waals surface area contributed by atoms with Crippen LogP contribution in [-0.2, 0) is 6.42 Å². The summed E-state index contributed by atoms with van der Waals surface area (Å²) >= 11 is 0. The normalized spacial score (nSPS) is 12.1. The lowest BCUT2D eigenvalue weighted by Crippen LogP contribution is -2.02. The van der Waals surface area contributed by atoms with Gasteiger partial charge in [-0.25, -0.2) is 15.0 Å². The van der Waals surface area contributed by atoms with Crippen LogP contribution < -0.4 is 0 Å². The Morgan fingerprint density at radius 2 is 0.762 bits per heavy atom. The number of aromatic nitrogens is 5. The maximum Gasteiger partial charge on any atom is 0.164 e. The van der Waals surface area contributed by atoms with E-state index in [0.29, 0.717) is 17.5 Å². The van der Waals surface area contributed by atoms with E-state index < -0.39 is 0 Å². The Morgan fingerprint density at radius 3 is 1.38 bits per heavy atom. The summed E-state index contributed by atoms with van der Waals surface area (Å²) in [5, 5.41) is 4.97. The summed E-state index contributed by atoms with van der Waals surface area (Å²) in [5.41, 5.74) is 17.5. The molecule has 0 spiro atoms. The van der Waals surface area contributed by atoms with Crippen molar-refractivity contribution in [2.24, 2.45) is 0 Å². The van der Waals surface area contributed by atoms with Crippen molar-refractivity contribution in [2.75, 3.05) is 0 Å². The first-order valence-corrected chi connectivity index (χ1v) is 21.5. The van der Waals surface area contributed by atoms with E-state index >= 15 is 0 Å². The van der Waals surface area contributed by atoms with Gasteiger partial charge in [-0.05, 0) is 88.0 Å². The summed E-state index contributed by atoms with van der Waals surface area (Å²) in [5.74, 6) is 2.01. The molecule has 13 rings (SSSR count). The van der Waals surface area contributed by atoms with E-state index in [2.05, 4.69) is 185 Å². The predicted molar refractivity (Wildman–Crippen MR) is 258 cm³/mol. The molecule has 0 amide bonds. The Bertz CT molecular complexity index is 3700. The van der Waals surface area contributed by atoms with E-state index in [1.807, 2.05) is 36.4 Å². The van der Waals surface area contributed by atoms with Crippen LogP contribution in [0.15, 0.2) is 212 Å². The molecule has 0 saturated carbocycles. The number of fused-ring (bicyclic) bond motifs is 9. The molecule has 12 aromatic rings. The molecular weight excluding hydrogens is 767 g/mol. The van der Waals surface area contributed by atoms with Crippen molar-refractivity contribution in [3.8, 4) is 67.8 Å². The SMILES string of the molecule is c1ccc(-c2nc(-c3ccccc3)nc(-c3cccc4c3Cc3c-4cccc3-n3c4ccccc4c4cc(-c5ccc6c(c5)c5ccccc5n6-c5ccccc5)ccc43)n2)cc1. The van der Waals surface area contributed by atoms with Gasteiger partial charge in [-0.1, -0.05) is 158 Å². The van der Waals surface area contributed by atoms with Crippen LogP contribution in [0.3, 0.4) is 0 Å². The molecule has 3 aromatic heterocycles. The number of para-hydroxylation sites is 3. The molecule has 0 radical (unpaired) electrons.